The van der Waals surface area contributed by atoms with Gasteiger partial charge in [0.15, 0.2) is 0 Å². The van der Waals surface area contributed by atoms with Crippen LogP contribution >= 0.6 is 0 Å². The van der Waals surface area contributed by atoms with Gasteiger partial charge in [0.1, 0.15) is 5.54 Å². The van der Waals surface area contributed by atoms with E-state index in [0.717, 1.165) is 5.56 Å². The van der Waals surface area contributed by atoms with E-state index >= 15 is 0 Å². The quantitative estimate of drug-likeness (QED) is 0.914. The minimum atomic E-state index is -0.878. The third-order valence-corrected chi connectivity index (χ3v) is 3.77. The Morgan fingerprint density at radius 2 is 1.79 bits per heavy atom. The highest BCUT2D eigenvalue weighted by Crippen LogP contribution is 2.22. The zero-order chi connectivity index (χ0) is 14.0. The first-order chi connectivity index (χ1) is 8.93. The zero-order valence-electron chi connectivity index (χ0n) is 11.6. The fourth-order valence-electron chi connectivity index (χ4n) is 2.05. The normalized spacial score (nSPS) is 12.0. The maximum atomic E-state index is 11.3. The van der Waals surface area contributed by atoms with E-state index in [1.54, 1.807) is 13.8 Å². The monoisotopic (exact) mass is 257 g/mol. The van der Waals surface area contributed by atoms with Crippen LogP contribution in [0.1, 0.15) is 19.4 Å². The summed E-state index contributed by atoms with van der Waals surface area (Å²) in [4.78, 5) is 13.1. The van der Waals surface area contributed by atoms with Crippen molar-refractivity contribution in [3.8, 4) is 0 Å². The third-order valence-electron chi connectivity index (χ3n) is 3.77. The van der Waals surface area contributed by atoms with Gasteiger partial charge < -0.3 is 5.11 Å². The second-order valence-electron chi connectivity index (χ2n) is 5.36. The van der Waals surface area contributed by atoms with Crippen LogP contribution in [-0.2, 0) is 11.3 Å². The van der Waals surface area contributed by atoms with Gasteiger partial charge in [-0.2, -0.15) is 0 Å². The van der Waals surface area contributed by atoms with E-state index in [1.807, 2.05) is 30.1 Å². The van der Waals surface area contributed by atoms with Crippen LogP contribution in [0.15, 0.2) is 42.5 Å². The number of fused-ring (bicyclic) bond motifs is 1. The van der Waals surface area contributed by atoms with E-state index in [-0.39, 0.29) is 0 Å². The molecule has 0 saturated carbocycles. The Balaban J connectivity index is 2.34. The van der Waals surface area contributed by atoms with Crippen LogP contribution in [0.25, 0.3) is 10.8 Å². The van der Waals surface area contributed by atoms with Gasteiger partial charge in [0.05, 0.1) is 0 Å². The number of likely N-dealkylation sites (N-methyl/N-ethyl adjacent to an activating group) is 1. The Bertz CT molecular complexity index is 599. The SMILES string of the molecule is CN(Cc1cccc2ccccc12)C(C)(C)C(=O)O. The summed E-state index contributed by atoms with van der Waals surface area (Å²) >= 11 is 0. The number of benzene rings is 2. The van der Waals surface area contributed by atoms with Gasteiger partial charge in [-0.1, -0.05) is 42.5 Å². The number of nitrogens with zero attached hydrogens (tertiary/aromatic N) is 1. The molecule has 0 heterocycles. The fraction of sp³-hybridized carbons (Fsp3) is 0.312. The fourth-order valence-corrected chi connectivity index (χ4v) is 2.05. The van der Waals surface area contributed by atoms with Crippen LogP contribution in [-0.4, -0.2) is 28.6 Å². The molecule has 2 aromatic carbocycles. The van der Waals surface area contributed by atoms with Crippen molar-refractivity contribution in [3.63, 3.8) is 0 Å². The first kappa shape index (κ1) is 13.6. The Labute approximate surface area is 113 Å². The van der Waals surface area contributed by atoms with Gasteiger partial charge in [0.2, 0.25) is 0 Å². The number of carbonyl (C=O) groups is 1. The van der Waals surface area contributed by atoms with Gasteiger partial charge in [-0.25, -0.2) is 0 Å². The lowest BCUT2D eigenvalue weighted by Crippen LogP contribution is -2.47. The number of rotatable bonds is 4. The van der Waals surface area contributed by atoms with Crippen molar-refractivity contribution in [1.29, 1.82) is 0 Å². The molecule has 19 heavy (non-hydrogen) atoms. The van der Waals surface area contributed by atoms with Gasteiger partial charge in [-0.15, -0.1) is 0 Å². The second kappa shape index (κ2) is 5.02. The molecule has 3 nitrogen and oxygen atoms in total. The molecule has 0 spiro atoms. The predicted octanol–water partition coefficient (Wildman–Crippen LogP) is 3.13. The highest BCUT2D eigenvalue weighted by atomic mass is 16.4. The first-order valence-corrected chi connectivity index (χ1v) is 6.34. The van der Waals surface area contributed by atoms with E-state index in [4.69, 9.17) is 0 Å². The molecule has 0 amide bonds. The van der Waals surface area contributed by atoms with Crippen LogP contribution in [0.2, 0.25) is 0 Å². The molecule has 1 N–H and O–H groups in total. The molecular formula is C16H19NO2. The first-order valence-electron chi connectivity index (χ1n) is 6.34. The molecule has 0 aliphatic rings. The van der Waals surface area contributed by atoms with Gasteiger partial charge >= 0.3 is 5.97 Å². The highest BCUT2D eigenvalue weighted by Gasteiger charge is 2.31. The van der Waals surface area contributed by atoms with Crippen molar-refractivity contribution in [2.24, 2.45) is 0 Å². The van der Waals surface area contributed by atoms with Crippen LogP contribution in [0.3, 0.4) is 0 Å². The minimum Gasteiger partial charge on any atom is -0.480 e. The molecule has 2 aromatic rings. The largest absolute Gasteiger partial charge is 0.480 e. The van der Waals surface area contributed by atoms with Crippen molar-refractivity contribution in [3.05, 3.63) is 48.0 Å². The molecule has 100 valence electrons. The molecule has 0 aromatic heterocycles. The van der Waals surface area contributed by atoms with Gasteiger partial charge in [-0.3, -0.25) is 9.69 Å². The second-order valence-corrected chi connectivity index (χ2v) is 5.36. The van der Waals surface area contributed by atoms with E-state index in [2.05, 4.69) is 24.3 Å². The van der Waals surface area contributed by atoms with E-state index in [0.29, 0.717) is 6.54 Å². The molecule has 0 unspecified atom stereocenters. The average molecular weight is 257 g/mol. The lowest BCUT2D eigenvalue weighted by Gasteiger charge is -2.31. The molecule has 0 atom stereocenters. The van der Waals surface area contributed by atoms with Crippen LogP contribution in [0.4, 0.5) is 0 Å². The molecule has 0 aliphatic carbocycles. The average Bonchev–Trinajstić information content (AvgIpc) is 2.39. The number of aliphatic carboxylic acids is 1. The van der Waals surface area contributed by atoms with Crippen molar-refractivity contribution in [2.75, 3.05) is 7.05 Å². The van der Waals surface area contributed by atoms with E-state index in [1.165, 1.54) is 10.8 Å². The van der Waals surface area contributed by atoms with Gasteiger partial charge in [0.25, 0.3) is 0 Å². The molecular weight excluding hydrogens is 238 g/mol. The summed E-state index contributed by atoms with van der Waals surface area (Å²) in [6.07, 6.45) is 0. The van der Waals surface area contributed by atoms with Gasteiger partial charge in [-0.05, 0) is 37.2 Å². The molecule has 0 saturated heterocycles. The zero-order valence-corrected chi connectivity index (χ0v) is 11.6. The number of hydrogen-bond donors (Lipinski definition) is 1. The number of carboxylic acid groups (broad SMARTS) is 1. The molecule has 0 fully saturated rings. The summed E-state index contributed by atoms with van der Waals surface area (Å²) in [5.41, 5.74) is 0.270. The molecule has 3 heteroatoms. The molecule has 0 radical (unpaired) electrons. The molecule has 0 bridgehead atoms. The number of carboxylic acids is 1. The Hall–Kier alpha value is -1.87. The van der Waals surface area contributed by atoms with Crippen molar-refractivity contribution < 1.29 is 9.90 Å². The van der Waals surface area contributed by atoms with Crippen molar-refractivity contribution >= 4 is 16.7 Å². The van der Waals surface area contributed by atoms with Crippen LogP contribution < -0.4 is 0 Å². The third kappa shape index (κ3) is 2.61. The topological polar surface area (TPSA) is 40.5 Å². The van der Waals surface area contributed by atoms with Crippen molar-refractivity contribution in [1.82, 2.24) is 4.90 Å². The molecule has 0 aliphatic heterocycles. The molecule has 2 rings (SSSR count). The maximum Gasteiger partial charge on any atom is 0.323 e. The summed E-state index contributed by atoms with van der Waals surface area (Å²) in [5.74, 6) is -0.810. The van der Waals surface area contributed by atoms with Crippen LogP contribution in [0, 0.1) is 0 Å². The smallest absolute Gasteiger partial charge is 0.323 e. The highest BCUT2D eigenvalue weighted by molar-refractivity contribution is 5.85. The lowest BCUT2D eigenvalue weighted by atomic mass is 10.00. The maximum absolute atomic E-state index is 11.3. The summed E-state index contributed by atoms with van der Waals surface area (Å²) in [6, 6.07) is 14.3. The standard InChI is InChI=1S/C16H19NO2/c1-16(2,15(18)19)17(3)11-13-9-6-8-12-7-4-5-10-14(12)13/h4-10H,11H2,1-3H3,(H,18,19). The van der Waals surface area contributed by atoms with Crippen LogP contribution in [0.5, 0.6) is 0 Å². The predicted molar refractivity (Wildman–Crippen MR) is 77.1 cm³/mol. The summed E-state index contributed by atoms with van der Waals surface area (Å²) in [6.45, 7) is 4.06. The van der Waals surface area contributed by atoms with E-state index < -0.39 is 11.5 Å². The summed E-state index contributed by atoms with van der Waals surface area (Å²) < 4.78 is 0. The Morgan fingerprint density at radius 3 is 2.47 bits per heavy atom. The number of hydrogen-bond acceptors (Lipinski definition) is 2. The summed E-state index contributed by atoms with van der Waals surface area (Å²) in [7, 11) is 1.84. The minimum absolute atomic E-state index is 0.612. The Morgan fingerprint density at radius 1 is 1.16 bits per heavy atom. The van der Waals surface area contributed by atoms with E-state index in [9.17, 15) is 9.90 Å². The van der Waals surface area contributed by atoms with Crippen molar-refractivity contribution in [2.45, 2.75) is 25.9 Å². The Kier molecular flexibility index (Phi) is 3.58. The summed E-state index contributed by atoms with van der Waals surface area (Å²) in [5, 5.41) is 11.6. The van der Waals surface area contributed by atoms with Gasteiger partial charge in [0, 0.05) is 6.54 Å². The lowest BCUT2D eigenvalue weighted by molar-refractivity contribution is -0.148.